The van der Waals surface area contributed by atoms with Crippen LogP contribution in [0.3, 0.4) is 0 Å². The van der Waals surface area contributed by atoms with Crippen LogP contribution in [-0.4, -0.2) is 18.3 Å². The van der Waals surface area contributed by atoms with Crippen LogP contribution in [0.5, 0.6) is 5.75 Å². The average molecular weight is 315 g/mol. The summed E-state index contributed by atoms with van der Waals surface area (Å²) in [5.74, 6) is 0.692. The van der Waals surface area contributed by atoms with Gasteiger partial charge in [0.05, 0.1) is 17.2 Å². The lowest BCUT2D eigenvalue weighted by molar-refractivity contribution is -0.129. The first-order valence-electron chi connectivity index (χ1n) is 7.43. The van der Waals surface area contributed by atoms with Crippen LogP contribution in [0.15, 0.2) is 18.2 Å². The van der Waals surface area contributed by atoms with Gasteiger partial charge in [-0.1, -0.05) is 42.5 Å². The first kappa shape index (κ1) is 14.5. The van der Waals surface area contributed by atoms with E-state index >= 15 is 0 Å². The van der Waals surface area contributed by atoms with Gasteiger partial charge in [0.15, 0.2) is 0 Å². The van der Waals surface area contributed by atoms with E-state index in [9.17, 15) is 0 Å². The van der Waals surface area contributed by atoms with Crippen LogP contribution >= 0.6 is 23.2 Å². The molecule has 2 nitrogen and oxygen atoms in total. The minimum Gasteiger partial charge on any atom is -0.489 e. The molecule has 0 N–H and O–H groups in total. The van der Waals surface area contributed by atoms with Gasteiger partial charge in [0, 0.05) is 23.9 Å². The second-order valence-corrected chi connectivity index (χ2v) is 6.74. The molecule has 20 heavy (non-hydrogen) atoms. The molecule has 1 saturated heterocycles. The Balaban J connectivity index is 1.69. The summed E-state index contributed by atoms with van der Waals surface area (Å²) in [6.07, 6.45) is 8.26. The molecule has 3 rings (SSSR count). The lowest BCUT2D eigenvalue weighted by atomic mass is 9.79. The van der Waals surface area contributed by atoms with Crippen molar-refractivity contribution in [2.24, 2.45) is 0 Å². The summed E-state index contributed by atoms with van der Waals surface area (Å²) >= 11 is 12.2. The van der Waals surface area contributed by atoms with E-state index in [-0.39, 0.29) is 11.7 Å². The molecule has 1 aliphatic carbocycles. The van der Waals surface area contributed by atoms with Crippen LogP contribution < -0.4 is 4.74 Å². The second-order valence-electron chi connectivity index (χ2n) is 5.90. The fourth-order valence-corrected chi connectivity index (χ4v) is 3.70. The Morgan fingerprint density at radius 2 is 1.95 bits per heavy atom. The lowest BCUT2D eigenvalue weighted by Crippen LogP contribution is -2.45. The molecule has 4 heteroatoms. The van der Waals surface area contributed by atoms with Crippen molar-refractivity contribution >= 4 is 23.2 Å². The number of rotatable bonds is 2. The van der Waals surface area contributed by atoms with Crippen molar-refractivity contribution < 1.29 is 9.47 Å². The van der Waals surface area contributed by atoms with E-state index in [0.29, 0.717) is 15.8 Å². The Labute approximate surface area is 130 Å². The van der Waals surface area contributed by atoms with Gasteiger partial charge >= 0.3 is 0 Å². The third-order valence-electron chi connectivity index (χ3n) is 4.40. The third kappa shape index (κ3) is 3.24. The highest BCUT2D eigenvalue weighted by Crippen LogP contribution is 2.40. The fraction of sp³-hybridized carbons (Fsp3) is 0.625. The molecule has 2 aliphatic rings. The van der Waals surface area contributed by atoms with E-state index < -0.39 is 0 Å². The van der Waals surface area contributed by atoms with Crippen molar-refractivity contribution in [3.05, 3.63) is 28.2 Å². The van der Waals surface area contributed by atoms with Crippen LogP contribution in [0.4, 0.5) is 0 Å². The van der Waals surface area contributed by atoms with Crippen molar-refractivity contribution in [3.63, 3.8) is 0 Å². The van der Waals surface area contributed by atoms with Crippen LogP contribution in [0.2, 0.25) is 10.0 Å². The van der Waals surface area contributed by atoms with Crippen molar-refractivity contribution in [1.29, 1.82) is 0 Å². The zero-order valence-corrected chi connectivity index (χ0v) is 13.1. The maximum Gasteiger partial charge on any atom is 0.139 e. The van der Waals surface area contributed by atoms with Gasteiger partial charge in [-0.05, 0) is 25.0 Å². The van der Waals surface area contributed by atoms with E-state index in [1.165, 1.54) is 19.3 Å². The Kier molecular flexibility index (Phi) is 4.44. The Morgan fingerprint density at radius 1 is 1.15 bits per heavy atom. The van der Waals surface area contributed by atoms with Gasteiger partial charge in [0.25, 0.3) is 0 Å². The second kappa shape index (κ2) is 6.13. The molecule has 0 aromatic heterocycles. The molecule has 2 fully saturated rings. The molecule has 1 unspecified atom stereocenters. The molecular weight excluding hydrogens is 295 g/mol. The Hall–Kier alpha value is -0.440. The number of hydrogen-bond donors (Lipinski definition) is 0. The van der Waals surface area contributed by atoms with Crippen LogP contribution in [0, 0.1) is 0 Å². The maximum absolute atomic E-state index is 6.18. The van der Waals surface area contributed by atoms with Crippen molar-refractivity contribution in [3.8, 4) is 5.75 Å². The monoisotopic (exact) mass is 314 g/mol. The standard InChI is InChI=1S/C16H20Cl2O2/c17-12-4-5-14(18)15(10-12)20-13-6-9-19-16(11-13)7-2-1-3-8-16/h4-5,10,13H,1-3,6-9,11H2. The minimum atomic E-state index is 0.0478. The zero-order chi connectivity index (χ0) is 14.0. The molecule has 0 radical (unpaired) electrons. The molecule has 0 bridgehead atoms. The SMILES string of the molecule is Clc1ccc(Cl)c(OC2CCOC3(CCCCC3)C2)c1. The summed E-state index contributed by atoms with van der Waals surface area (Å²) in [5, 5.41) is 1.28. The van der Waals surface area contributed by atoms with Gasteiger partial charge in [0.2, 0.25) is 0 Å². The molecule has 0 amide bonds. The van der Waals surface area contributed by atoms with Gasteiger partial charge in [-0.15, -0.1) is 0 Å². The van der Waals surface area contributed by atoms with E-state index in [1.807, 2.05) is 0 Å². The summed E-state index contributed by atoms with van der Waals surface area (Å²) in [6, 6.07) is 5.37. The van der Waals surface area contributed by atoms with Crippen LogP contribution in [-0.2, 0) is 4.74 Å². The van der Waals surface area contributed by atoms with E-state index in [1.54, 1.807) is 18.2 Å². The molecule has 1 aliphatic heterocycles. The number of ether oxygens (including phenoxy) is 2. The molecule has 1 atom stereocenters. The van der Waals surface area contributed by atoms with Gasteiger partial charge in [-0.25, -0.2) is 0 Å². The highest BCUT2D eigenvalue weighted by atomic mass is 35.5. The molecular formula is C16H20Cl2O2. The normalized spacial score (nSPS) is 25.6. The zero-order valence-electron chi connectivity index (χ0n) is 11.5. The predicted molar refractivity (Wildman–Crippen MR) is 81.9 cm³/mol. The highest BCUT2D eigenvalue weighted by molar-refractivity contribution is 6.34. The topological polar surface area (TPSA) is 18.5 Å². The molecule has 1 spiro atoms. The molecule has 1 saturated carbocycles. The third-order valence-corrected chi connectivity index (χ3v) is 4.95. The molecule has 1 heterocycles. The number of benzene rings is 1. The summed E-state index contributed by atoms with van der Waals surface area (Å²) in [6.45, 7) is 0.781. The summed E-state index contributed by atoms with van der Waals surface area (Å²) in [4.78, 5) is 0. The first-order chi connectivity index (χ1) is 9.67. The largest absolute Gasteiger partial charge is 0.489 e. The maximum atomic E-state index is 6.18. The van der Waals surface area contributed by atoms with Crippen LogP contribution in [0.25, 0.3) is 0 Å². The molecule has 1 aromatic carbocycles. The van der Waals surface area contributed by atoms with Gasteiger partial charge in [-0.2, -0.15) is 0 Å². The smallest absolute Gasteiger partial charge is 0.139 e. The van der Waals surface area contributed by atoms with E-state index in [2.05, 4.69) is 0 Å². The van der Waals surface area contributed by atoms with Crippen molar-refractivity contribution in [2.75, 3.05) is 6.61 Å². The lowest BCUT2D eigenvalue weighted by Gasteiger charge is -2.43. The molecule has 110 valence electrons. The van der Waals surface area contributed by atoms with E-state index in [0.717, 1.165) is 32.3 Å². The summed E-state index contributed by atoms with van der Waals surface area (Å²) in [5.41, 5.74) is 0.0478. The van der Waals surface area contributed by atoms with Crippen LogP contribution in [0.1, 0.15) is 44.9 Å². The summed E-state index contributed by atoms with van der Waals surface area (Å²) < 4.78 is 12.2. The minimum absolute atomic E-state index is 0.0478. The van der Waals surface area contributed by atoms with Crippen molar-refractivity contribution in [1.82, 2.24) is 0 Å². The average Bonchev–Trinajstić information content (AvgIpc) is 2.44. The predicted octanol–water partition coefficient (Wildman–Crippen LogP) is 5.25. The van der Waals surface area contributed by atoms with Gasteiger partial charge < -0.3 is 9.47 Å². The first-order valence-corrected chi connectivity index (χ1v) is 8.18. The van der Waals surface area contributed by atoms with Gasteiger partial charge in [-0.3, -0.25) is 0 Å². The Bertz CT molecular complexity index is 464. The Morgan fingerprint density at radius 3 is 2.75 bits per heavy atom. The fourth-order valence-electron chi connectivity index (χ4n) is 3.38. The van der Waals surface area contributed by atoms with Gasteiger partial charge in [0.1, 0.15) is 11.9 Å². The van der Waals surface area contributed by atoms with Crippen molar-refractivity contribution in [2.45, 2.75) is 56.7 Å². The number of hydrogen-bond acceptors (Lipinski definition) is 2. The molecule has 1 aromatic rings. The highest BCUT2D eigenvalue weighted by Gasteiger charge is 2.39. The number of halogens is 2. The quantitative estimate of drug-likeness (QED) is 0.741. The van der Waals surface area contributed by atoms with E-state index in [4.69, 9.17) is 32.7 Å². The summed E-state index contributed by atoms with van der Waals surface area (Å²) in [7, 11) is 0.